The van der Waals surface area contributed by atoms with Crippen molar-refractivity contribution in [2.45, 2.75) is 53.6 Å². The van der Waals surface area contributed by atoms with Gasteiger partial charge in [-0.25, -0.2) is 4.99 Å². The van der Waals surface area contributed by atoms with Crippen LogP contribution in [-0.2, 0) is 0 Å². The van der Waals surface area contributed by atoms with Gasteiger partial charge in [0.05, 0.1) is 5.70 Å². The van der Waals surface area contributed by atoms with Crippen LogP contribution in [-0.4, -0.2) is 41.1 Å². The SMILES string of the molecule is CCCCN1C=C(c2ccccc2)C=C2C1N=C(C=CC=C1N=C3C(=CC(c4ccccc4)=CN3C)C1(C)C)C2(C)C. The number of fused-ring (bicyclic) bond motifs is 2. The van der Waals surface area contributed by atoms with Gasteiger partial charge in [-0.2, -0.15) is 0 Å². The van der Waals surface area contributed by atoms with Crippen LogP contribution in [0.25, 0.3) is 11.1 Å². The van der Waals surface area contributed by atoms with Gasteiger partial charge in [0.1, 0.15) is 12.0 Å². The average molecular weight is 555 g/mol. The monoisotopic (exact) mass is 554 g/mol. The van der Waals surface area contributed by atoms with Gasteiger partial charge in [-0.1, -0.05) is 108 Å². The first-order valence-corrected chi connectivity index (χ1v) is 15.2. The van der Waals surface area contributed by atoms with Crippen LogP contribution in [0.15, 0.2) is 130 Å². The van der Waals surface area contributed by atoms with E-state index in [-0.39, 0.29) is 17.0 Å². The molecular weight excluding hydrogens is 512 g/mol. The molecule has 0 saturated heterocycles. The molecule has 4 nitrogen and oxygen atoms in total. The Labute approximate surface area is 251 Å². The number of benzene rings is 2. The molecular formula is C38H42N4. The lowest BCUT2D eigenvalue weighted by Gasteiger charge is -2.34. The predicted molar refractivity (Wildman–Crippen MR) is 178 cm³/mol. The lowest BCUT2D eigenvalue weighted by atomic mass is 9.78. The summed E-state index contributed by atoms with van der Waals surface area (Å²) in [4.78, 5) is 15.0. The number of hydrogen-bond donors (Lipinski definition) is 0. The molecule has 0 spiro atoms. The Kier molecular flexibility index (Phi) is 7.26. The van der Waals surface area contributed by atoms with E-state index >= 15 is 0 Å². The van der Waals surface area contributed by atoms with Gasteiger partial charge in [-0.15, -0.1) is 0 Å². The van der Waals surface area contributed by atoms with Crippen molar-refractivity contribution in [1.29, 1.82) is 0 Å². The molecule has 4 heteroatoms. The summed E-state index contributed by atoms with van der Waals surface area (Å²) >= 11 is 0. The number of nitrogens with zero attached hydrogens (tertiary/aromatic N) is 4. The van der Waals surface area contributed by atoms with Gasteiger partial charge in [0.25, 0.3) is 0 Å². The van der Waals surface area contributed by atoms with Crippen LogP contribution in [0.5, 0.6) is 0 Å². The lowest BCUT2D eigenvalue weighted by Crippen LogP contribution is -2.35. The highest BCUT2D eigenvalue weighted by atomic mass is 15.3. The molecule has 1 unspecified atom stereocenters. The minimum absolute atomic E-state index is 0.0543. The maximum atomic E-state index is 5.30. The number of likely N-dealkylation sites (N-methyl/N-ethyl adjacent to an activating group) is 1. The second kappa shape index (κ2) is 10.9. The second-order valence-corrected chi connectivity index (χ2v) is 12.7. The molecule has 4 aliphatic rings. The fourth-order valence-corrected chi connectivity index (χ4v) is 6.33. The zero-order valence-corrected chi connectivity index (χ0v) is 25.8. The lowest BCUT2D eigenvalue weighted by molar-refractivity contribution is 0.300. The number of amidine groups is 1. The van der Waals surface area contributed by atoms with E-state index in [1.807, 2.05) is 0 Å². The Morgan fingerprint density at radius 3 is 2.12 bits per heavy atom. The molecule has 0 radical (unpaired) electrons. The molecule has 0 aliphatic carbocycles. The van der Waals surface area contributed by atoms with Crippen LogP contribution >= 0.6 is 0 Å². The Morgan fingerprint density at radius 1 is 0.833 bits per heavy atom. The minimum Gasteiger partial charge on any atom is -0.352 e. The average Bonchev–Trinajstić information content (AvgIpc) is 3.41. The Bertz CT molecular complexity index is 1610. The first kappa shape index (κ1) is 28.0. The summed E-state index contributed by atoms with van der Waals surface area (Å²) < 4.78 is 0. The van der Waals surface area contributed by atoms with Gasteiger partial charge in [0.2, 0.25) is 0 Å². The zero-order chi connectivity index (χ0) is 29.5. The summed E-state index contributed by atoms with van der Waals surface area (Å²) in [5.74, 6) is 1.03. The van der Waals surface area contributed by atoms with Gasteiger partial charge in [0, 0.05) is 48.1 Å². The van der Waals surface area contributed by atoms with E-state index in [1.165, 1.54) is 33.4 Å². The van der Waals surface area contributed by atoms with Crippen molar-refractivity contribution in [2.75, 3.05) is 13.6 Å². The summed E-state index contributed by atoms with van der Waals surface area (Å²) in [6.07, 6.45) is 18.1. The largest absolute Gasteiger partial charge is 0.352 e. The molecule has 4 aliphatic heterocycles. The molecule has 4 heterocycles. The van der Waals surface area contributed by atoms with Crippen LogP contribution in [0.4, 0.5) is 0 Å². The summed E-state index contributed by atoms with van der Waals surface area (Å²) in [5.41, 5.74) is 9.40. The van der Waals surface area contributed by atoms with Crippen molar-refractivity contribution in [2.24, 2.45) is 20.8 Å². The first-order chi connectivity index (χ1) is 20.2. The molecule has 0 amide bonds. The smallest absolute Gasteiger partial charge is 0.144 e. The number of unbranched alkanes of at least 4 members (excludes halogenated alkanes) is 1. The van der Waals surface area contributed by atoms with E-state index < -0.39 is 0 Å². The van der Waals surface area contributed by atoms with Crippen LogP contribution < -0.4 is 0 Å². The molecule has 2 aromatic rings. The molecule has 0 bridgehead atoms. The Hall–Kier alpha value is -4.18. The molecule has 0 fully saturated rings. The van der Waals surface area contributed by atoms with Crippen LogP contribution in [0.1, 0.15) is 58.6 Å². The number of hydrogen-bond acceptors (Lipinski definition) is 4. The third kappa shape index (κ3) is 4.93. The van der Waals surface area contributed by atoms with Crippen molar-refractivity contribution >= 4 is 22.7 Å². The van der Waals surface area contributed by atoms with Crippen molar-refractivity contribution in [3.05, 3.63) is 131 Å². The predicted octanol–water partition coefficient (Wildman–Crippen LogP) is 8.67. The summed E-state index contributed by atoms with van der Waals surface area (Å²) in [7, 11) is 2.09. The van der Waals surface area contributed by atoms with Gasteiger partial charge < -0.3 is 9.80 Å². The molecule has 0 saturated carbocycles. The third-order valence-electron chi connectivity index (χ3n) is 9.07. The summed E-state index contributed by atoms with van der Waals surface area (Å²) in [6, 6.07) is 21.3. The molecule has 2 aromatic carbocycles. The summed E-state index contributed by atoms with van der Waals surface area (Å²) in [5, 5.41) is 0. The fraction of sp³-hybridized carbons (Fsp3) is 0.316. The highest BCUT2D eigenvalue weighted by Crippen LogP contribution is 2.47. The van der Waals surface area contributed by atoms with Crippen molar-refractivity contribution < 1.29 is 0 Å². The highest BCUT2D eigenvalue weighted by Gasteiger charge is 2.43. The maximum Gasteiger partial charge on any atom is 0.144 e. The standard InChI is InChI=1S/C38H42N4/c1-7-8-22-42-26-30(28-18-13-10-14-19-28)24-32-36(42)40-34(38(32,4)5)21-15-20-33-37(2,3)31-23-29(25-41(6)35(31)39-33)27-16-11-9-12-17-27/h9-21,23-26,36H,7-8,22H2,1-6H3. The molecule has 0 N–H and O–H groups in total. The van der Waals surface area contributed by atoms with Crippen molar-refractivity contribution in [1.82, 2.24) is 9.80 Å². The molecule has 214 valence electrons. The van der Waals surface area contributed by atoms with E-state index in [1.54, 1.807) is 0 Å². The van der Waals surface area contributed by atoms with Crippen LogP contribution in [0.3, 0.4) is 0 Å². The number of rotatable bonds is 7. The van der Waals surface area contributed by atoms with Crippen LogP contribution in [0, 0.1) is 10.8 Å². The van der Waals surface area contributed by atoms with E-state index in [9.17, 15) is 0 Å². The molecule has 1 atom stereocenters. The Morgan fingerprint density at radius 2 is 1.48 bits per heavy atom. The minimum atomic E-state index is -0.197. The third-order valence-corrected chi connectivity index (χ3v) is 9.07. The van der Waals surface area contributed by atoms with Crippen molar-refractivity contribution in [3.63, 3.8) is 0 Å². The van der Waals surface area contributed by atoms with E-state index in [0.29, 0.717) is 0 Å². The summed E-state index contributed by atoms with van der Waals surface area (Å²) in [6.45, 7) is 12.4. The topological polar surface area (TPSA) is 31.2 Å². The van der Waals surface area contributed by atoms with E-state index in [4.69, 9.17) is 9.98 Å². The molecule has 6 rings (SSSR count). The first-order valence-electron chi connectivity index (χ1n) is 15.2. The quantitative estimate of drug-likeness (QED) is 0.343. The maximum absolute atomic E-state index is 5.30. The fourth-order valence-electron chi connectivity index (χ4n) is 6.33. The number of aliphatic imine (C=N–C) groups is 2. The number of allylic oxidation sites excluding steroid dienone is 8. The van der Waals surface area contributed by atoms with E-state index in [2.05, 4.69) is 155 Å². The van der Waals surface area contributed by atoms with Gasteiger partial charge >= 0.3 is 0 Å². The van der Waals surface area contributed by atoms with E-state index in [0.717, 1.165) is 36.6 Å². The normalized spacial score (nSPS) is 23.2. The van der Waals surface area contributed by atoms with Crippen molar-refractivity contribution in [3.8, 4) is 0 Å². The zero-order valence-electron chi connectivity index (χ0n) is 25.8. The highest BCUT2D eigenvalue weighted by molar-refractivity contribution is 6.08. The van der Waals surface area contributed by atoms with Gasteiger partial charge in [-0.3, -0.25) is 4.99 Å². The second-order valence-electron chi connectivity index (χ2n) is 12.7. The molecule has 42 heavy (non-hydrogen) atoms. The van der Waals surface area contributed by atoms with Gasteiger partial charge in [0.15, 0.2) is 0 Å². The molecule has 0 aromatic heterocycles. The Balaban J connectivity index is 1.28. The van der Waals surface area contributed by atoms with Gasteiger partial charge in [-0.05, 0) is 58.6 Å². The van der Waals surface area contributed by atoms with Crippen LogP contribution in [0.2, 0.25) is 0 Å².